The zero-order valence-electron chi connectivity index (χ0n) is 15.8. The van der Waals surface area contributed by atoms with Crippen molar-refractivity contribution in [3.8, 4) is 0 Å². The van der Waals surface area contributed by atoms with Gasteiger partial charge in [-0.25, -0.2) is 4.79 Å². The Morgan fingerprint density at radius 3 is 2.50 bits per heavy atom. The van der Waals surface area contributed by atoms with Crippen LogP contribution < -0.4 is 10.6 Å². The van der Waals surface area contributed by atoms with Crippen LogP contribution in [0.5, 0.6) is 0 Å². The van der Waals surface area contributed by atoms with Gasteiger partial charge in [-0.05, 0) is 52.5 Å². The SMILES string of the molecule is Cc1cc(C)n(C(C)CC(=O)N2CCC(C3(C)NC(=O)NC3=O)CC2)n1. The van der Waals surface area contributed by atoms with E-state index in [0.29, 0.717) is 32.4 Å². The molecule has 1 aromatic heterocycles. The van der Waals surface area contributed by atoms with Crippen molar-refractivity contribution in [2.75, 3.05) is 13.1 Å². The Bertz CT molecular complexity index is 735. The molecular weight excluding hydrogens is 334 g/mol. The van der Waals surface area contributed by atoms with E-state index in [1.165, 1.54) is 0 Å². The number of urea groups is 1. The smallest absolute Gasteiger partial charge is 0.322 e. The van der Waals surface area contributed by atoms with E-state index in [0.717, 1.165) is 11.4 Å². The summed E-state index contributed by atoms with van der Waals surface area (Å²) in [5.74, 6) is -0.134. The van der Waals surface area contributed by atoms with Crippen molar-refractivity contribution in [1.29, 1.82) is 0 Å². The topological polar surface area (TPSA) is 96.3 Å². The van der Waals surface area contributed by atoms with Crippen molar-refractivity contribution in [2.45, 2.75) is 58.5 Å². The number of likely N-dealkylation sites (tertiary alicyclic amines) is 1. The Morgan fingerprint density at radius 2 is 2.00 bits per heavy atom. The van der Waals surface area contributed by atoms with Crippen LogP contribution in [0.4, 0.5) is 4.79 Å². The molecule has 2 aliphatic rings. The minimum absolute atomic E-state index is 0.00587. The standard InChI is InChI=1S/C18H27N5O3/c1-11-9-12(2)23(21-11)13(3)10-15(24)22-7-5-14(6-8-22)18(4)16(25)19-17(26)20-18/h9,13-14H,5-8,10H2,1-4H3,(H2,19,20,25,26). The molecule has 2 fully saturated rings. The van der Waals surface area contributed by atoms with Crippen LogP contribution in [0.1, 0.15) is 50.5 Å². The molecule has 2 atom stereocenters. The summed E-state index contributed by atoms with van der Waals surface area (Å²) in [7, 11) is 0. The zero-order chi connectivity index (χ0) is 19.1. The first-order valence-electron chi connectivity index (χ1n) is 9.15. The highest BCUT2D eigenvalue weighted by atomic mass is 16.2. The van der Waals surface area contributed by atoms with Crippen molar-refractivity contribution in [2.24, 2.45) is 5.92 Å². The fourth-order valence-electron chi connectivity index (χ4n) is 4.11. The average molecular weight is 361 g/mol. The van der Waals surface area contributed by atoms with Crippen molar-refractivity contribution in [1.82, 2.24) is 25.3 Å². The molecule has 2 N–H and O–H groups in total. The molecule has 2 aliphatic heterocycles. The summed E-state index contributed by atoms with van der Waals surface area (Å²) in [5.41, 5.74) is 1.13. The molecule has 8 nitrogen and oxygen atoms in total. The maximum atomic E-state index is 12.7. The van der Waals surface area contributed by atoms with Crippen LogP contribution in [0.2, 0.25) is 0 Å². The Morgan fingerprint density at radius 1 is 1.35 bits per heavy atom. The predicted molar refractivity (Wildman–Crippen MR) is 95.4 cm³/mol. The van der Waals surface area contributed by atoms with Gasteiger partial charge in [0.1, 0.15) is 5.54 Å². The molecular formula is C18H27N5O3. The Balaban J connectivity index is 1.56. The van der Waals surface area contributed by atoms with E-state index >= 15 is 0 Å². The van der Waals surface area contributed by atoms with Crippen molar-refractivity contribution in [3.63, 3.8) is 0 Å². The van der Waals surface area contributed by atoms with Gasteiger partial charge >= 0.3 is 6.03 Å². The van der Waals surface area contributed by atoms with Gasteiger partial charge in [0, 0.05) is 25.2 Å². The minimum Gasteiger partial charge on any atom is -0.343 e. The monoisotopic (exact) mass is 361 g/mol. The van der Waals surface area contributed by atoms with Gasteiger partial charge in [-0.1, -0.05) is 0 Å². The fourth-order valence-corrected chi connectivity index (χ4v) is 4.11. The Labute approximate surface area is 153 Å². The molecule has 0 aliphatic carbocycles. The molecule has 1 aromatic rings. The summed E-state index contributed by atoms with van der Waals surface area (Å²) >= 11 is 0. The number of amides is 4. The number of piperidine rings is 1. The molecule has 2 unspecified atom stereocenters. The molecule has 4 amide bonds. The summed E-state index contributed by atoms with van der Waals surface area (Å²) in [4.78, 5) is 38.0. The number of rotatable bonds is 4. The number of carbonyl (C=O) groups excluding carboxylic acids is 3. The third kappa shape index (κ3) is 3.32. The lowest BCUT2D eigenvalue weighted by Gasteiger charge is -2.39. The largest absolute Gasteiger partial charge is 0.343 e. The van der Waals surface area contributed by atoms with Crippen LogP contribution in [-0.2, 0) is 9.59 Å². The molecule has 26 heavy (non-hydrogen) atoms. The highest BCUT2D eigenvalue weighted by Crippen LogP contribution is 2.31. The second-order valence-electron chi connectivity index (χ2n) is 7.69. The number of aryl methyl sites for hydroxylation is 2. The first-order valence-corrected chi connectivity index (χ1v) is 9.15. The molecule has 142 valence electrons. The second kappa shape index (κ2) is 6.74. The van der Waals surface area contributed by atoms with Crippen LogP contribution in [-0.4, -0.2) is 51.2 Å². The summed E-state index contributed by atoms with van der Waals surface area (Å²) in [5, 5.41) is 9.51. The third-order valence-corrected chi connectivity index (χ3v) is 5.67. The normalized spacial score (nSPS) is 25.2. The number of nitrogens with one attached hydrogen (secondary N) is 2. The molecule has 0 spiro atoms. The molecule has 0 aromatic carbocycles. The van der Waals surface area contributed by atoms with Gasteiger partial charge in [0.05, 0.1) is 11.7 Å². The summed E-state index contributed by atoms with van der Waals surface area (Å²) in [6.07, 6.45) is 1.80. The first kappa shape index (κ1) is 18.4. The minimum atomic E-state index is -0.872. The number of carbonyl (C=O) groups is 3. The molecule has 3 heterocycles. The van der Waals surface area contributed by atoms with Gasteiger partial charge in [0.15, 0.2) is 0 Å². The Kier molecular flexibility index (Phi) is 4.77. The zero-order valence-corrected chi connectivity index (χ0v) is 15.8. The van der Waals surface area contributed by atoms with Gasteiger partial charge in [0.25, 0.3) is 5.91 Å². The number of aromatic nitrogens is 2. The number of imide groups is 1. The van der Waals surface area contributed by atoms with Crippen LogP contribution in [0.25, 0.3) is 0 Å². The predicted octanol–water partition coefficient (Wildman–Crippen LogP) is 1.29. The van der Waals surface area contributed by atoms with E-state index in [-0.39, 0.29) is 23.8 Å². The van der Waals surface area contributed by atoms with E-state index in [1.54, 1.807) is 6.92 Å². The quantitative estimate of drug-likeness (QED) is 0.790. The maximum Gasteiger partial charge on any atom is 0.322 e. The summed E-state index contributed by atoms with van der Waals surface area (Å²) in [6.45, 7) is 8.91. The fraction of sp³-hybridized carbons (Fsp3) is 0.667. The van der Waals surface area contributed by atoms with E-state index in [9.17, 15) is 14.4 Å². The number of nitrogens with zero attached hydrogens (tertiary/aromatic N) is 3. The third-order valence-electron chi connectivity index (χ3n) is 5.67. The average Bonchev–Trinajstić information content (AvgIpc) is 3.05. The van der Waals surface area contributed by atoms with Crippen LogP contribution in [0, 0.1) is 19.8 Å². The highest BCUT2D eigenvalue weighted by Gasteiger charge is 2.48. The van der Waals surface area contributed by atoms with E-state index in [2.05, 4.69) is 15.7 Å². The van der Waals surface area contributed by atoms with E-state index < -0.39 is 11.6 Å². The molecule has 2 saturated heterocycles. The van der Waals surface area contributed by atoms with Crippen LogP contribution >= 0.6 is 0 Å². The van der Waals surface area contributed by atoms with E-state index in [4.69, 9.17) is 0 Å². The lowest BCUT2D eigenvalue weighted by atomic mass is 9.79. The summed E-state index contributed by atoms with van der Waals surface area (Å²) < 4.78 is 1.90. The van der Waals surface area contributed by atoms with Crippen LogP contribution in [0.15, 0.2) is 6.07 Å². The lowest BCUT2D eigenvalue weighted by molar-refractivity contribution is -0.134. The first-order chi connectivity index (χ1) is 12.2. The van der Waals surface area contributed by atoms with Crippen molar-refractivity contribution >= 4 is 17.8 Å². The van der Waals surface area contributed by atoms with Gasteiger partial charge in [-0.3, -0.25) is 19.6 Å². The van der Waals surface area contributed by atoms with Crippen molar-refractivity contribution in [3.05, 3.63) is 17.5 Å². The van der Waals surface area contributed by atoms with Gasteiger partial charge in [-0.2, -0.15) is 5.10 Å². The molecule has 0 saturated carbocycles. The molecule has 0 bridgehead atoms. The molecule has 3 rings (SSSR count). The summed E-state index contributed by atoms with van der Waals surface area (Å²) in [6, 6.07) is 1.58. The van der Waals surface area contributed by atoms with Gasteiger partial charge in [-0.15, -0.1) is 0 Å². The van der Waals surface area contributed by atoms with Crippen LogP contribution in [0.3, 0.4) is 0 Å². The number of hydrogen-bond donors (Lipinski definition) is 2. The Hall–Kier alpha value is -2.38. The molecule has 8 heteroatoms. The van der Waals surface area contributed by atoms with Crippen molar-refractivity contribution < 1.29 is 14.4 Å². The lowest BCUT2D eigenvalue weighted by Crippen LogP contribution is -2.54. The molecule has 0 radical (unpaired) electrons. The van der Waals surface area contributed by atoms with Gasteiger partial charge in [0.2, 0.25) is 5.91 Å². The van der Waals surface area contributed by atoms with Gasteiger partial charge < -0.3 is 10.2 Å². The highest BCUT2D eigenvalue weighted by molar-refractivity contribution is 6.07. The number of hydrogen-bond acceptors (Lipinski definition) is 4. The second-order valence-corrected chi connectivity index (χ2v) is 7.69. The van der Waals surface area contributed by atoms with E-state index in [1.807, 2.05) is 36.4 Å². The maximum absolute atomic E-state index is 12.7.